The normalized spacial score (nSPS) is 13.0. The highest BCUT2D eigenvalue weighted by molar-refractivity contribution is 6.29. The van der Waals surface area contributed by atoms with Crippen LogP contribution in [-0.4, -0.2) is 9.97 Å². The fourth-order valence-corrected chi connectivity index (χ4v) is 2.07. The second-order valence-electron chi connectivity index (χ2n) is 6.07. The van der Waals surface area contributed by atoms with E-state index in [9.17, 15) is 4.39 Å². The van der Waals surface area contributed by atoms with Crippen molar-refractivity contribution >= 4 is 17.4 Å². The van der Waals surface area contributed by atoms with Crippen molar-refractivity contribution in [1.82, 2.24) is 9.97 Å². The van der Waals surface area contributed by atoms with Crippen LogP contribution in [0.15, 0.2) is 30.3 Å². The highest BCUT2D eigenvalue weighted by Crippen LogP contribution is 2.24. The topological polar surface area (TPSA) is 37.8 Å². The zero-order valence-electron chi connectivity index (χ0n) is 12.6. The average Bonchev–Trinajstić information content (AvgIpc) is 2.37. The van der Waals surface area contributed by atoms with Gasteiger partial charge >= 0.3 is 0 Å². The molecular formula is C16H19ClFN3. The number of hydrogen-bond acceptors (Lipinski definition) is 3. The standard InChI is InChI=1S/C16H19ClFN3/c1-10(11-5-7-12(18)8-6-11)19-14-9-13(17)20-15(21-14)16(2,3)4/h5-10H,1-4H3,(H,19,20,21). The molecule has 0 bridgehead atoms. The number of rotatable bonds is 3. The molecule has 0 fully saturated rings. The van der Waals surface area contributed by atoms with Crippen molar-refractivity contribution < 1.29 is 4.39 Å². The highest BCUT2D eigenvalue weighted by Gasteiger charge is 2.19. The maximum absolute atomic E-state index is 13.0. The van der Waals surface area contributed by atoms with Gasteiger partial charge in [-0.1, -0.05) is 44.5 Å². The number of benzene rings is 1. The molecule has 21 heavy (non-hydrogen) atoms. The predicted molar refractivity (Wildman–Crippen MR) is 84.2 cm³/mol. The minimum absolute atomic E-state index is 0.00983. The first-order chi connectivity index (χ1) is 9.75. The van der Waals surface area contributed by atoms with Crippen LogP contribution in [0.4, 0.5) is 10.2 Å². The lowest BCUT2D eigenvalue weighted by atomic mass is 9.96. The predicted octanol–water partition coefficient (Wildman–Crippen LogP) is 4.74. The van der Waals surface area contributed by atoms with Crippen LogP contribution in [0.5, 0.6) is 0 Å². The molecule has 1 aromatic carbocycles. The smallest absolute Gasteiger partial charge is 0.137 e. The van der Waals surface area contributed by atoms with Crippen LogP contribution in [0.3, 0.4) is 0 Å². The van der Waals surface area contributed by atoms with Crippen molar-refractivity contribution in [1.29, 1.82) is 0 Å². The van der Waals surface area contributed by atoms with E-state index >= 15 is 0 Å². The minimum atomic E-state index is -0.244. The molecule has 0 aliphatic rings. The Labute approximate surface area is 129 Å². The average molecular weight is 308 g/mol. The Morgan fingerprint density at radius 1 is 1.14 bits per heavy atom. The number of halogens is 2. The first kappa shape index (κ1) is 15.7. The van der Waals surface area contributed by atoms with E-state index in [1.165, 1.54) is 12.1 Å². The summed E-state index contributed by atoms with van der Waals surface area (Å²) in [6, 6.07) is 8.07. The summed E-state index contributed by atoms with van der Waals surface area (Å²) < 4.78 is 13.0. The van der Waals surface area contributed by atoms with Crippen LogP contribution in [0.1, 0.15) is 45.1 Å². The van der Waals surface area contributed by atoms with Crippen molar-refractivity contribution in [2.45, 2.75) is 39.2 Å². The number of nitrogens with zero attached hydrogens (tertiary/aromatic N) is 2. The third kappa shape index (κ3) is 4.14. The lowest BCUT2D eigenvalue weighted by Crippen LogP contribution is -2.18. The fraction of sp³-hybridized carbons (Fsp3) is 0.375. The lowest BCUT2D eigenvalue weighted by molar-refractivity contribution is 0.545. The van der Waals surface area contributed by atoms with E-state index in [0.29, 0.717) is 16.8 Å². The Morgan fingerprint density at radius 2 is 1.76 bits per heavy atom. The number of anilines is 1. The molecule has 0 radical (unpaired) electrons. The maximum Gasteiger partial charge on any atom is 0.137 e. The van der Waals surface area contributed by atoms with Gasteiger partial charge in [-0.05, 0) is 24.6 Å². The molecule has 1 N–H and O–H groups in total. The van der Waals surface area contributed by atoms with E-state index < -0.39 is 0 Å². The summed E-state index contributed by atoms with van der Waals surface area (Å²) in [4.78, 5) is 8.77. The largest absolute Gasteiger partial charge is 0.363 e. The minimum Gasteiger partial charge on any atom is -0.363 e. The zero-order valence-corrected chi connectivity index (χ0v) is 13.4. The van der Waals surface area contributed by atoms with Crippen LogP contribution >= 0.6 is 11.6 Å². The van der Waals surface area contributed by atoms with Crippen molar-refractivity contribution in [3.05, 3.63) is 52.7 Å². The molecule has 1 aromatic heterocycles. The highest BCUT2D eigenvalue weighted by atomic mass is 35.5. The Hall–Kier alpha value is -1.68. The summed E-state index contributed by atoms with van der Waals surface area (Å²) >= 11 is 6.07. The Bertz CT molecular complexity index is 620. The molecule has 3 nitrogen and oxygen atoms in total. The molecule has 0 aliphatic carbocycles. The first-order valence-corrected chi connectivity index (χ1v) is 7.20. The molecule has 0 saturated carbocycles. The maximum atomic E-state index is 13.0. The molecular weight excluding hydrogens is 289 g/mol. The lowest BCUT2D eigenvalue weighted by Gasteiger charge is -2.20. The van der Waals surface area contributed by atoms with Crippen molar-refractivity contribution in [2.24, 2.45) is 0 Å². The third-order valence-electron chi connectivity index (χ3n) is 3.10. The van der Waals surface area contributed by atoms with Gasteiger partial charge in [0.2, 0.25) is 0 Å². The van der Waals surface area contributed by atoms with Crippen LogP contribution in [0.25, 0.3) is 0 Å². The molecule has 1 unspecified atom stereocenters. The second kappa shape index (κ2) is 5.98. The second-order valence-corrected chi connectivity index (χ2v) is 6.45. The summed E-state index contributed by atoms with van der Waals surface area (Å²) in [5.41, 5.74) is 0.795. The molecule has 0 saturated heterocycles. The summed E-state index contributed by atoms with van der Waals surface area (Å²) in [6.07, 6.45) is 0. The van der Waals surface area contributed by atoms with Gasteiger partial charge in [0.15, 0.2) is 0 Å². The van der Waals surface area contributed by atoms with Gasteiger partial charge in [0.25, 0.3) is 0 Å². The van der Waals surface area contributed by atoms with E-state index in [1.54, 1.807) is 18.2 Å². The summed E-state index contributed by atoms with van der Waals surface area (Å²) in [6.45, 7) is 8.09. The molecule has 5 heteroatoms. The van der Waals surface area contributed by atoms with Crippen LogP contribution in [0.2, 0.25) is 5.15 Å². The monoisotopic (exact) mass is 307 g/mol. The SMILES string of the molecule is CC(Nc1cc(Cl)nc(C(C)(C)C)n1)c1ccc(F)cc1. The molecule has 1 heterocycles. The molecule has 2 rings (SSSR count). The van der Waals surface area contributed by atoms with Gasteiger partial charge in [0, 0.05) is 17.5 Å². The van der Waals surface area contributed by atoms with E-state index in [1.807, 2.05) is 27.7 Å². The van der Waals surface area contributed by atoms with E-state index in [0.717, 1.165) is 5.56 Å². The summed E-state index contributed by atoms with van der Waals surface area (Å²) in [7, 11) is 0. The van der Waals surface area contributed by atoms with Gasteiger partial charge in [-0.15, -0.1) is 0 Å². The van der Waals surface area contributed by atoms with Crippen molar-refractivity contribution in [2.75, 3.05) is 5.32 Å². The van der Waals surface area contributed by atoms with Gasteiger partial charge in [-0.25, -0.2) is 14.4 Å². The first-order valence-electron chi connectivity index (χ1n) is 6.83. The van der Waals surface area contributed by atoms with Crippen molar-refractivity contribution in [3.8, 4) is 0 Å². The Balaban J connectivity index is 2.23. The van der Waals surface area contributed by atoms with E-state index in [4.69, 9.17) is 11.6 Å². The van der Waals surface area contributed by atoms with Gasteiger partial charge in [-0.2, -0.15) is 0 Å². The molecule has 0 amide bonds. The van der Waals surface area contributed by atoms with E-state index in [-0.39, 0.29) is 17.3 Å². The van der Waals surface area contributed by atoms with Crippen molar-refractivity contribution in [3.63, 3.8) is 0 Å². The van der Waals surface area contributed by atoms with Gasteiger partial charge in [-0.3, -0.25) is 0 Å². The Kier molecular flexibility index (Phi) is 4.47. The summed E-state index contributed by atoms with van der Waals surface area (Å²) in [5.74, 6) is 1.10. The van der Waals surface area contributed by atoms with E-state index in [2.05, 4.69) is 15.3 Å². The molecule has 0 spiro atoms. The number of aromatic nitrogens is 2. The summed E-state index contributed by atoms with van der Waals surface area (Å²) in [5, 5.41) is 3.68. The molecule has 112 valence electrons. The molecule has 2 aromatic rings. The van der Waals surface area contributed by atoms with Gasteiger partial charge in [0.1, 0.15) is 22.6 Å². The molecule has 0 aliphatic heterocycles. The van der Waals surface area contributed by atoms with Crippen LogP contribution in [0, 0.1) is 5.82 Å². The van der Waals surface area contributed by atoms with Gasteiger partial charge < -0.3 is 5.32 Å². The molecule has 1 atom stereocenters. The fourth-order valence-electron chi connectivity index (χ4n) is 1.88. The van der Waals surface area contributed by atoms with Crippen LogP contribution in [-0.2, 0) is 5.41 Å². The number of hydrogen-bond donors (Lipinski definition) is 1. The zero-order chi connectivity index (χ0) is 15.6. The third-order valence-corrected chi connectivity index (χ3v) is 3.29. The Morgan fingerprint density at radius 3 is 2.33 bits per heavy atom. The van der Waals surface area contributed by atoms with Crippen LogP contribution < -0.4 is 5.32 Å². The quantitative estimate of drug-likeness (QED) is 0.832. The van der Waals surface area contributed by atoms with Gasteiger partial charge in [0.05, 0.1) is 0 Å². The number of nitrogens with one attached hydrogen (secondary N) is 1.